The summed E-state index contributed by atoms with van der Waals surface area (Å²) in [5, 5.41) is 11.2. The predicted molar refractivity (Wildman–Crippen MR) is 76.6 cm³/mol. The summed E-state index contributed by atoms with van der Waals surface area (Å²) in [5.41, 5.74) is 2.16. The summed E-state index contributed by atoms with van der Waals surface area (Å²) in [6.45, 7) is 4.47. The van der Waals surface area contributed by atoms with Gasteiger partial charge in [-0.3, -0.25) is 14.5 Å². The Balaban J connectivity index is 1.92. The highest BCUT2D eigenvalue weighted by molar-refractivity contribution is 5.93. The van der Waals surface area contributed by atoms with Crippen LogP contribution in [0, 0.1) is 0 Å². The van der Waals surface area contributed by atoms with Gasteiger partial charge < -0.3 is 15.2 Å². The smallest absolute Gasteiger partial charge is 0.312 e. The normalized spacial score (nSPS) is 15.6. The fourth-order valence-electron chi connectivity index (χ4n) is 2.28. The minimum Gasteiger partial charge on any atom is -0.481 e. The first-order valence-electron chi connectivity index (χ1n) is 7.00. The minimum absolute atomic E-state index is 0.354. The second kappa shape index (κ2) is 7.75. The van der Waals surface area contributed by atoms with Crippen LogP contribution in [0.25, 0.3) is 0 Å². The van der Waals surface area contributed by atoms with Gasteiger partial charge in [0.25, 0.3) is 0 Å². The summed E-state index contributed by atoms with van der Waals surface area (Å²) in [6.07, 6.45) is -0.494. The number of hydrogen-bond donors (Lipinski definition) is 2. The van der Waals surface area contributed by atoms with E-state index in [4.69, 9.17) is 9.84 Å². The predicted octanol–water partition coefficient (Wildman–Crippen LogP) is 0.610. The van der Waals surface area contributed by atoms with E-state index in [-0.39, 0.29) is 0 Å². The summed E-state index contributed by atoms with van der Waals surface area (Å²) in [6, 6.07) is 7.88. The van der Waals surface area contributed by atoms with Crippen molar-refractivity contribution in [1.29, 1.82) is 0 Å². The highest BCUT2D eigenvalue weighted by Crippen LogP contribution is 2.13. The Morgan fingerprint density at radius 2 is 1.86 bits per heavy atom. The van der Waals surface area contributed by atoms with Crippen LogP contribution in [0.4, 0.5) is 0 Å². The Labute approximate surface area is 123 Å². The number of ether oxygens (including phenoxy) is 1. The van der Waals surface area contributed by atoms with E-state index in [0.717, 1.165) is 44.0 Å². The fourth-order valence-corrected chi connectivity index (χ4v) is 2.28. The lowest BCUT2D eigenvalue weighted by Crippen LogP contribution is -2.36. The van der Waals surface area contributed by atoms with E-state index in [0.29, 0.717) is 6.54 Å². The maximum atomic E-state index is 11.4. The Morgan fingerprint density at radius 3 is 2.52 bits per heavy atom. The van der Waals surface area contributed by atoms with Crippen LogP contribution in [-0.2, 0) is 27.4 Å². The van der Waals surface area contributed by atoms with E-state index in [1.54, 1.807) is 0 Å². The summed E-state index contributed by atoms with van der Waals surface area (Å²) in [4.78, 5) is 24.2. The summed E-state index contributed by atoms with van der Waals surface area (Å²) in [7, 11) is 0. The number of carboxylic acid groups (broad SMARTS) is 1. The number of hydrogen-bond acceptors (Lipinski definition) is 4. The molecule has 0 radical (unpaired) electrons. The topological polar surface area (TPSA) is 78.9 Å². The second-order valence-electron chi connectivity index (χ2n) is 5.00. The number of morpholine rings is 1. The van der Waals surface area contributed by atoms with Crippen LogP contribution in [0.5, 0.6) is 0 Å². The van der Waals surface area contributed by atoms with Gasteiger partial charge in [-0.05, 0) is 11.1 Å². The molecule has 1 aromatic rings. The number of aliphatic carboxylic acids is 1. The van der Waals surface area contributed by atoms with Gasteiger partial charge in [0.15, 0.2) is 0 Å². The van der Waals surface area contributed by atoms with Gasteiger partial charge in [-0.2, -0.15) is 0 Å². The summed E-state index contributed by atoms with van der Waals surface area (Å²) < 4.78 is 5.33. The van der Waals surface area contributed by atoms with Crippen molar-refractivity contribution < 1.29 is 19.4 Å². The summed E-state index contributed by atoms with van der Waals surface area (Å²) >= 11 is 0. The van der Waals surface area contributed by atoms with E-state index in [2.05, 4.69) is 10.2 Å². The molecule has 2 N–H and O–H groups in total. The van der Waals surface area contributed by atoms with Crippen molar-refractivity contribution in [1.82, 2.24) is 10.2 Å². The van der Waals surface area contributed by atoms with E-state index in [1.807, 2.05) is 24.3 Å². The number of carbonyl (C=O) groups is 2. The molecule has 0 aliphatic carbocycles. The monoisotopic (exact) mass is 292 g/mol. The Hall–Kier alpha value is -1.92. The molecule has 1 heterocycles. The molecule has 0 bridgehead atoms. The van der Waals surface area contributed by atoms with Crippen LogP contribution in [0.3, 0.4) is 0 Å². The molecule has 0 aromatic heterocycles. The highest BCUT2D eigenvalue weighted by atomic mass is 16.5. The van der Waals surface area contributed by atoms with Crippen molar-refractivity contribution in [3.63, 3.8) is 0 Å². The first-order valence-corrected chi connectivity index (χ1v) is 7.00. The Morgan fingerprint density at radius 1 is 1.19 bits per heavy atom. The number of rotatable bonds is 6. The Kier molecular flexibility index (Phi) is 5.71. The molecule has 1 aliphatic heterocycles. The van der Waals surface area contributed by atoms with Crippen molar-refractivity contribution in [2.75, 3.05) is 26.3 Å². The first kappa shape index (κ1) is 15.5. The zero-order valence-electron chi connectivity index (χ0n) is 11.9. The molecule has 114 valence electrons. The number of carbonyl (C=O) groups excluding carboxylic acids is 1. The number of nitrogens with zero attached hydrogens (tertiary/aromatic N) is 1. The minimum atomic E-state index is -1.12. The lowest BCUT2D eigenvalue weighted by Gasteiger charge is -2.27. The number of benzene rings is 1. The van der Waals surface area contributed by atoms with Crippen LogP contribution < -0.4 is 5.32 Å². The number of carboxylic acids is 1. The second-order valence-corrected chi connectivity index (χ2v) is 5.00. The SMILES string of the molecule is O=C(O)CC(=O)NCc1ccccc1CN1CCOCC1. The van der Waals surface area contributed by atoms with Crippen molar-refractivity contribution in [3.8, 4) is 0 Å². The number of nitrogens with one attached hydrogen (secondary N) is 1. The van der Waals surface area contributed by atoms with Crippen molar-refractivity contribution in [2.45, 2.75) is 19.5 Å². The molecular formula is C15H20N2O4. The maximum Gasteiger partial charge on any atom is 0.312 e. The fraction of sp³-hybridized carbons (Fsp3) is 0.467. The van der Waals surface area contributed by atoms with Crippen LogP contribution in [0.2, 0.25) is 0 Å². The van der Waals surface area contributed by atoms with E-state index in [1.165, 1.54) is 0 Å². The van der Waals surface area contributed by atoms with Gasteiger partial charge in [0.2, 0.25) is 5.91 Å². The molecule has 1 aromatic carbocycles. The number of amides is 1. The van der Waals surface area contributed by atoms with Gasteiger partial charge in [-0.15, -0.1) is 0 Å². The molecule has 1 aliphatic rings. The van der Waals surface area contributed by atoms with Gasteiger partial charge in [0.1, 0.15) is 6.42 Å². The standard InChI is InChI=1S/C15H20N2O4/c18-14(9-15(19)20)16-10-12-3-1-2-4-13(12)11-17-5-7-21-8-6-17/h1-4H,5-11H2,(H,16,18)(H,19,20). The van der Waals surface area contributed by atoms with E-state index in [9.17, 15) is 9.59 Å². The average molecular weight is 292 g/mol. The molecule has 1 fully saturated rings. The molecule has 6 nitrogen and oxygen atoms in total. The van der Waals surface area contributed by atoms with Crippen molar-refractivity contribution in [2.24, 2.45) is 0 Å². The molecule has 6 heteroatoms. The van der Waals surface area contributed by atoms with Crippen LogP contribution in [-0.4, -0.2) is 48.2 Å². The summed E-state index contributed by atoms with van der Waals surface area (Å²) in [5.74, 6) is -1.59. The van der Waals surface area contributed by atoms with E-state index < -0.39 is 18.3 Å². The molecule has 2 rings (SSSR count). The van der Waals surface area contributed by atoms with Gasteiger partial charge in [-0.1, -0.05) is 24.3 Å². The van der Waals surface area contributed by atoms with Gasteiger partial charge >= 0.3 is 5.97 Å². The maximum absolute atomic E-state index is 11.4. The third-order valence-electron chi connectivity index (χ3n) is 3.40. The third-order valence-corrected chi connectivity index (χ3v) is 3.40. The highest BCUT2D eigenvalue weighted by Gasteiger charge is 2.13. The quantitative estimate of drug-likeness (QED) is 0.751. The van der Waals surface area contributed by atoms with Crippen molar-refractivity contribution in [3.05, 3.63) is 35.4 Å². The van der Waals surface area contributed by atoms with Crippen molar-refractivity contribution >= 4 is 11.9 Å². The van der Waals surface area contributed by atoms with Crippen LogP contribution >= 0.6 is 0 Å². The molecule has 21 heavy (non-hydrogen) atoms. The lowest BCUT2D eigenvalue weighted by atomic mass is 10.1. The zero-order chi connectivity index (χ0) is 15.1. The van der Waals surface area contributed by atoms with Crippen LogP contribution in [0.15, 0.2) is 24.3 Å². The Bertz CT molecular complexity index is 498. The molecule has 0 atom stereocenters. The van der Waals surface area contributed by atoms with E-state index >= 15 is 0 Å². The largest absolute Gasteiger partial charge is 0.481 e. The van der Waals surface area contributed by atoms with Gasteiger partial charge in [0.05, 0.1) is 13.2 Å². The molecule has 0 saturated carbocycles. The van der Waals surface area contributed by atoms with Crippen LogP contribution in [0.1, 0.15) is 17.5 Å². The average Bonchev–Trinajstić information content (AvgIpc) is 2.47. The first-order chi connectivity index (χ1) is 10.1. The van der Waals surface area contributed by atoms with Gasteiger partial charge in [-0.25, -0.2) is 0 Å². The lowest BCUT2D eigenvalue weighted by molar-refractivity contribution is -0.140. The van der Waals surface area contributed by atoms with Gasteiger partial charge in [0, 0.05) is 26.2 Å². The molecule has 0 unspecified atom stereocenters. The zero-order valence-corrected chi connectivity index (χ0v) is 11.9. The molecule has 1 saturated heterocycles. The molecular weight excluding hydrogens is 272 g/mol. The molecule has 1 amide bonds. The molecule has 0 spiro atoms. The third kappa shape index (κ3) is 5.17.